The van der Waals surface area contributed by atoms with Gasteiger partial charge in [-0.1, -0.05) is 0 Å². The standard InChI is InChI=1S/C30H42N8O7.C18H28N6O3/c1-19-16-24(37(40)41)26(38(42)43)25(20(19)2)36-11-9-22-23(17-36)31-28(44-18-21-8-7-10-33(21)6)32-27(22)34-12-14-35(15-13-34)29(39)45-30(3,4)5;1-22-6-2-3-13(22)12-27-17-20-15-11-19-5-4-14(15)16(21-17)23-7-9-24(10-8-23)18(25)26/h16,21H,7-15,17-18H2,1-6H3;13,19H,2-12H2,1H3,(H,25,26)/t21-;13-/m00/s1. The van der Waals surface area contributed by atoms with Crippen LogP contribution in [-0.2, 0) is 30.7 Å². The summed E-state index contributed by atoms with van der Waals surface area (Å²) in [4.78, 5) is 79.4. The van der Waals surface area contributed by atoms with Gasteiger partial charge in [-0.25, -0.2) is 9.59 Å². The van der Waals surface area contributed by atoms with Crippen molar-refractivity contribution in [3.8, 4) is 12.0 Å². The number of carbonyl (C=O) groups is 2. The maximum atomic E-state index is 12.7. The van der Waals surface area contributed by atoms with Crippen molar-refractivity contribution in [3.63, 3.8) is 0 Å². The quantitative estimate of drug-likeness (QED) is 0.199. The van der Waals surface area contributed by atoms with Gasteiger partial charge in [-0.15, -0.1) is 0 Å². The number of aromatic nitrogens is 4. The Bertz CT molecular complexity index is 2490. The zero-order chi connectivity index (χ0) is 51.4. The lowest BCUT2D eigenvalue weighted by Gasteiger charge is -2.38. The second kappa shape index (κ2) is 22.2. The van der Waals surface area contributed by atoms with Gasteiger partial charge in [0.2, 0.25) is 0 Å². The minimum absolute atomic E-state index is 0.199. The van der Waals surface area contributed by atoms with Crippen LogP contribution in [0.4, 0.5) is 38.3 Å². The number of nitro groups is 2. The van der Waals surface area contributed by atoms with Gasteiger partial charge < -0.3 is 58.9 Å². The second-order valence-corrected chi connectivity index (χ2v) is 20.5. The third-order valence-corrected chi connectivity index (χ3v) is 14.6. The van der Waals surface area contributed by atoms with Gasteiger partial charge in [0.15, 0.2) is 0 Å². The van der Waals surface area contributed by atoms with Crippen LogP contribution in [0.5, 0.6) is 12.0 Å². The molecule has 9 rings (SSSR count). The van der Waals surface area contributed by atoms with Gasteiger partial charge in [0, 0.05) is 94.7 Å². The molecule has 6 aliphatic rings. The number of amides is 2. The molecule has 2 aromatic heterocycles. The van der Waals surface area contributed by atoms with Crippen molar-refractivity contribution in [3.05, 3.63) is 59.9 Å². The Hall–Kier alpha value is -6.40. The molecule has 2 atom stereocenters. The highest BCUT2D eigenvalue weighted by Crippen LogP contribution is 2.44. The van der Waals surface area contributed by atoms with Crippen LogP contribution in [0.25, 0.3) is 0 Å². The number of fused-ring (bicyclic) bond motifs is 2. The van der Waals surface area contributed by atoms with E-state index in [0.717, 1.165) is 74.8 Å². The summed E-state index contributed by atoms with van der Waals surface area (Å²) in [6, 6.07) is 2.60. The van der Waals surface area contributed by atoms with Gasteiger partial charge in [0.1, 0.15) is 36.1 Å². The summed E-state index contributed by atoms with van der Waals surface area (Å²) >= 11 is 0. The number of benzene rings is 1. The highest BCUT2D eigenvalue weighted by atomic mass is 16.6. The molecule has 0 aliphatic carbocycles. The Kier molecular flexibility index (Phi) is 16.0. The van der Waals surface area contributed by atoms with E-state index in [9.17, 15) is 34.9 Å². The highest BCUT2D eigenvalue weighted by Gasteiger charge is 2.38. The summed E-state index contributed by atoms with van der Waals surface area (Å²) < 4.78 is 17.7. The van der Waals surface area contributed by atoms with Gasteiger partial charge in [0.25, 0.3) is 0 Å². The van der Waals surface area contributed by atoms with Crippen LogP contribution >= 0.6 is 0 Å². The molecule has 392 valence electrons. The Balaban J connectivity index is 0.000000218. The van der Waals surface area contributed by atoms with Crippen LogP contribution in [0.2, 0.25) is 0 Å². The van der Waals surface area contributed by atoms with Crippen LogP contribution in [0.3, 0.4) is 0 Å². The number of piperazine rings is 2. The number of nitro benzene ring substituents is 2. The minimum atomic E-state index is -0.853. The number of nitrogens with one attached hydrogen (secondary N) is 1. The molecule has 0 spiro atoms. The number of hydrogen-bond acceptors (Lipinski definition) is 19. The molecule has 0 radical (unpaired) electrons. The van der Waals surface area contributed by atoms with Gasteiger partial charge in [-0.05, 0) is 118 Å². The molecule has 1 aromatic carbocycles. The first-order valence-corrected chi connectivity index (χ1v) is 25.1. The van der Waals surface area contributed by atoms with E-state index in [1.165, 1.54) is 23.0 Å². The SMILES string of the molecule is CN1CCC[C@H]1COc1nc2c(c(N3CCN(C(=O)O)CC3)n1)CCNC2.Cc1cc([N+](=O)[O-])c([N+](=O)[O-])c(N2CCc3c(nc(OC[C@@H]4CCCN4C)nc3N3CCN(C(=O)OC(C)(C)C)CC3)C2)c1C. The predicted octanol–water partition coefficient (Wildman–Crippen LogP) is 4.40. The average Bonchev–Trinajstić information content (AvgIpc) is 3.97. The molecular formula is C48H70N14O10. The van der Waals surface area contributed by atoms with Crippen LogP contribution in [0, 0.1) is 34.1 Å². The topological polar surface area (TPSA) is 255 Å². The van der Waals surface area contributed by atoms with Crippen molar-refractivity contribution in [2.75, 3.05) is 121 Å². The van der Waals surface area contributed by atoms with Gasteiger partial charge in [-0.3, -0.25) is 20.2 Å². The highest BCUT2D eigenvalue weighted by molar-refractivity contribution is 5.78. The van der Waals surface area contributed by atoms with Crippen LogP contribution in [-0.4, -0.2) is 190 Å². The molecule has 0 bridgehead atoms. The van der Waals surface area contributed by atoms with Crippen molar-refractivity contribution < 1.29 is 38.8 Å². The predicted molar refractivity (Wildman–Crippen MR) is 268 cm³/mol. The van der Waals surface area contributed by atoms with E-state index in [-0.39, 0.29) is 30.4 Å². The average molecular weight is 1000 g/mol. The summed E-state index contributed by atoms with van der Waals surface area (Å²) in [5.41, 5.74) is 3.56. The fourth-order valence-electron chi connectivity index (χ4n) is 10.4. The molecule has 0 saturated carbocycles. The first kappa shape index (κ1) is 51.9. The summed E-state index contributed by atoms with van der Waals surface area (Å²) in [5, 5.41) is 36.6. The molecule has 2 amide bonds. The maximum Gasteiger partial charge on any atom is 0.410 e. The van der Waals surface area contributed by atoms with Crippen molar-refractivity contribution in [1.29, 1.82) is 0 Å². The van der Waals surface area contributed by atoms with E-state index < -0.39 is 32.9 Å². The molecule has 4 fully saturated rings. The van der Waals surface area contributed by atoms with Crippen LogP contribution < -0.4 is 29.5 Å². The van der Waals surface area contributed by atoms with Crippen molar-refractivity contribution in [1.82, 2.24) is 44.9 Å². The Labute approximate surface area is 419 Å². The smallest absolute Gasteiger partial charge is 0.410 e. The summed E-state index contributed by atoms with van der Waals surface area (Å²) in [7, 11) is 4.20. The lowest BCUT2D eigenvalue weighted by Crippen LogP contribution is -2.50. The number of anilines is 3. The zero-order valence-electron chi connectivity index (χ0n) is 42.7. The Morgan fingerprint density at radius 1 is 0.736 bits per heavy atom. The monoisotopic (exact) mass is 1000 g/mol. The third kappa shape index (κ3) is 11.9. The maximum absolute atomic E-state index is 12.7. The molecule has 8 heterocycles. The Morgan fingerprint density at radius 2 is 1.28 bits per heavy atom. The second-order valence-electron chi connectivity index (χ2n) is 20.5. The number of nitrogens with zero attached hydrogens (tertiary/aromatic N) is 13. The number of carboxylic acid groups (broad SMARTS) is 1. The number of likely N-dealkylation sites (N-methyl/N-ethyl adjacent to an activating group) is 2. The number of likely N-dealkylation sites (tertiary alicyclic amines) is 2. The normalized spacial score (nSPS) is 20.6. The molecule has 72 heavy (non-hydrogen) atoms. The Morgan fingerprint density at radius 3 is 1.78 bits per heavy atom. The molecule has 24 nitrogen and oxygen atoms in total. The van der Waals surface area contributed by atoms with Crippen molar-refractivity contribution in [2.24, 2.45) is 0 Å². The van der Waals surface area contributed by atoms with E-state index in [1.54, 1.807) is 18.7 Å². The number of rotatable bonds is 11. The lowest BCUT2D eigenvalue weighted by atomic mass is 9.99. The molecule has 6 aliphatic heterocycles. The van der Waals surface area contributed by atoms with Crippen molar-refractivity contribution in [2.45, 2.75) is 104 Å². The molecule has 2 N–H and O–H groups in total. The van der Waals surface area contributed by atoms with Crippen molar-refractivity contribution >= 4 is 40.9 Å². The lowest BCUT2D eigenvalue weighted by molar-refractivity contribution is -0.422. The largest absolute Gasteiger partial charge is 0.465 e. The molecule has 3 aromatic rings. The zero-order valence-corrected chi connectivity index (χ0v) is 42.7. The van der Waals surface area contributed by atoms with E-state index in [0.29, 0.717) is 107 Å². The summed E-state index contributed by atoms with van der Waals surface area (Å²) in [5.74, 6) is 1.64. The molecule has 24 heteroatoms. The van der Waals surface area contributed by atoms with E-state index in [4.69, 9.17) is 29.2 Å². The molecule has 4 saturated heterocycles. The van der Waals surface area contributed by atoms with E-state index in [2.05, 4.69) is 44.0 Å². The van der Waals surface area contributed by atoms with Gasteiger partial charge >= 0.3 is 35.6 Å². The third-order valence-electron chi connectivity index (χ3n) is 14.6. The van der Waals surface area contributed by atoms with E-state index >= 15 is 0 Å². The summed E-state index contributed by atoms with van der Waals surface area (Å²) in [6.45, 7) is 18.6. The number of ether oxygens (including phenoxy) is 3. The first-order chi connectivity index (χ1) is 34.3. The number of hydrogen-bond donors (Lipinski definition) is 2. The van der Waals surface area contributed by atoms with Crippen LogP contribution in [0.15, 0.2) is 6.07 Å². The fourth-order valence-corrected chi connectivity index (χ4v) is 10.4. The fraction of sp³-hybridized carbons (Fsp3) is 0.667. The van der Waals surface area contributed by atoms with E-state index in [1.807, 2.05) is 25.7 Å². The van der Waals surface area contributed by atoms with Crippen LogP contribution in [0.1, 0.15) is 80.1 Å². The molecule has 0 unspecified atom stereocenters. The first-order valence-electron chi connectivity index (χ1n) is 25.1. The number of aryl methyl sites for hydroxylation is 1. The number of carbonyl (C=O) groups excluding carboxylic acids is 1. The molecular weight excluding hydrogens is 933 g/mol. The van der Waals surface area contributed by atoms with Gasteiger partial charge in [0.05, 0.1) is 27.8 Å². The van der Waals surface area contributed by atoms with Gasteiger partial charge in [-0.2, -0.15) is 19.9 Å². The minimum Gasteiger partial charge on any atom is -0.465 e. The summed E-state index contributed by atoms with van der Waals surface area (Å²) in [6.07, 6.45) is 4.62.